The summed E-state index contributed by atoms with van der Waals surface area (Å²) in [5.74, 6) is -2.24. The van der Waals surface area contributed by atoms with E-state index in [-0.39, 0.29) is 0 Å². The Kier molecular flexibility index (Phi) is 6.56. The Morgan fingerprint density at radius 2 is 1.11 bits per heavy atom. The van der Waals surface area contributed by atoms with Crippen molar-refractivity contribution in [2.24, 2.45) is 20.4 Å². The van der Waals surface area contributed by atoms with Gasteiger partial charge in [-0.2, -0.15) is 15.0 Å². The van der Waals surface area contributed by atoms with E-state index in [1.807, 2.05) is 0 Å². The van der Waals surface area contributed by atoms with Crippen molar-refractivity contribution >= 4 is 18.2 Å². The molecule has 0 aromatic heterocycles. The lowest BCUT2D eigenvalue weighted by atomic mass is 9.84. The maximum Gasteiger partial charge on any atom is 0.278 e. The highest BCUT2D eigenvalue weighted by atomic mass is 16.3. The summed E-state index contributed by atoms with van der Waals surface area (Å²) in [6.45, 7) is -2.13. The summed E-state index contributed by atoms with van der Waals surface area (Å²) in [6.07, 6.45) is 2.61. The van der Waals surface area contributed by atoms with Crippen LogP contribution >= 0.6 is 0 Å². The van der Waals surface area contributed by atoms with Gasteiger partial charge in [0.25, 0.3) is 5.79 Å². The van der Waals surface area contributed by atoms with Crippen molar-refractivity contribution in [3.05, 3.63) is 0 Å². The van der Waals surface area contributed by atoms with Crippen molar-refractivity contribution in [3.63, 3.8) is 0 Å². The molecule has 0 unspecified atom stereocenters. The Bertz CT molecular complexity index is 360. The molecule has 0 bridgehead atoms. The molecule has 0 spiro atoms. The Labute approximate surface area is 101 Å². The highest BCUT2D eigenvalue weighted by Crippen LogP contribution is 2.32. The van der Waals surface area contributed by atoms with Crippen LogP contribution in [-0.4, -0.2) is 59.2 Å². The van der Waals surface area contributed by atoms with Gasteiger partial charge in [-0.15, -0.1) is 0 Å². The van der Waals surface area contributed by atoms with Crippen LogP contribution in [0.3, 0.4) is 0 Å². The summed E-state index contributed by atoms with van der Waals surface area (Å²) in [4.78, 5) is 40.0. The van der Waals surface area contributed by atoms with E-state index in [0.717, 1.165) is 18.2 Å². The van der Waals surface area contributed by atoms with Crippen LogP contribution in [0.1, 0.15) is 6.42 Å². The van der Waals surface area contributed by atoms with Crippen LogP contribution in [0.25, 0.3) is 0 Å². The number of aliphatic imine (C=N–C) groups is 3. The van der Waals surface area contributed by atoms with E-state index < -0.39 is 37.4 Å². The molecule has 0 fully saturated rings. The first kappa shape index (κ1) is 16.0. The van der Waals surface area contributed by atoms with Gasteiger partial charge in [0.2, 0.25) is 18.2 Å². The second kappa shape index (κ2) is 7.37. The number of carbonyl (C=O) groups excluding carboxylic acids is 3. The Balaban J connectivity index is 5.65. The first-order chi connectivity index (χ1) is 8.57. The molecule has 0 saturated carbocycles. The van der Waals surface area contributed by atoms with Gasteiger partial charge in [-0.3, -0.25) is 0 Å². The number of hydrogen-bond donors (Lipinski definition) is 3. The molecule has 0 aliphatic heterocycles. The third kappa shape index (κ3) is 3.80. The second-order valence-corrected chi connectivity index (χ2v) is 3.53. The number of aliphatic hydroxyl groups is 3. The fourth-order valence-electron chi connectivity index (χ4n) is 1.23. The lowest BCUT2D eigenvalue weighted by Crippen LogP contribution is -2.41. The molecule has 3 N–H and O–H groups in total. The van der Waals surface area contributed by atoms with Gasteiger partial charge in [0, 0.05) is 11.8 Å². The van der Waals surface area contributed by atoms with Crippen molar-refractivity contribution in [1.82, 2.24) is 0 Å². The van der Waals surface area contributed by atoms with Gasteiger partial charge in [-0.1, -0.05) is 0 Å². The molecular weight excluding hydrogens is 246 g/mol. The molecule has 0 amide bonds. The molecule has 0 aliphatic carbocycles. The SMILES string of the molecule is O=C=NC(CC(CO)(CO)CO)(N=C=O)N=C=O. The summed E-state index contributed by atoms with van der Waals surface area (Å²) in [5, 5.41) is 27.3. The van der Waals surface area contributed by atoms with Crippen LogP contribution < -0.4 is 0 Å². The smallest absolute Gasteiger partial charge is 0.278 e. The highest BCUT2D eigenvalue weighted by Gasteiger charge is 2.41. The van der Waals surface area contributed by atoms with Crippen molar-refractivity contribution in [2.45, 2.75) is 12.2 Å². The molecule has 0 saturated heterocycles. The van der Waals surface area contributed by atoms with E-state index in [1.54, 1.807) is 0 Å². The predicted octanol–water partition coefficient (Wildman–Crippen LogP) is -2.00. The molecule has 18 heavy (non-hydrogen) atoms. The van der Waals surface area contributed by atoms with E-state index in [2.05, 4.69) is 15.0 Å². The number of rotatable bonds is 8. The maximum atomic E-state index is 10.3. The van der Waals surface area contributed by atoms with Crippen LogP contribution in [0, 0.1) is 5.41 Å². The number of hydrogen-bond acceptors (Lipinski definition) is 9. The minimum atomic E-state index is -2.24. The lowest BCUT2D eigenvalue weighted by Gasteiger charge is -2.31. The topological polar surface area (TPSA) is 149 Å². The average molecular weight is 257 g/mol. The van der Waals surface area contributed by atoms with E-state index >= 15 is 0 Å². The van der Waals surface area contributed by atoms with Crippen molar-refractivity contribution < 1.29 is 29.7 Å². The van der Waals surface area contributed by atoms with Gasteiger partial charge in [0.1, 0.15) is 0 Å². The van der Waals surface area contributed by atoms with E-state index in [4.69, 9.17) is 15.3 Å². The van der Waals surface area contributed by atoms with Crippen molar-refractivity contribution in [1.29, 1.82) is 0 Å². The van der Waals surface area contributed by atoms with Crippen molar-refractivity contribution in [3.8, 4) is 0 Å². The zero-order valence-electron chi connectivity index (χ0n) is 9.24. The van der Waals surface area contributed by atoms with Gasteiger partial charge >= 0.3 is 0 Å². The molecule has 0 radical (unpaired) electrons. The molecule has 0 rings (SSSR count). The van der Waals surface area contributed by atoms with E-state index in [1.165, 1.54) is 0 Å². The second-order valence-electron chi connectivity index (χ2n) is 3.53. The zero-order chi connectivity index (χ0) is 14.1. The summed E-state index contributed by atoms with van der Waals surface area (Å²) >= 11 is 0. The van der Waals surface area contributed by atoms with E-state index in [0.29, 0.717) is 0 Å². The molecule has 0 heterocycles. The summed E-state index contributed by atoms with van der Waals surface area (Å²) in [6, 6.07) is 0. The Hall–Kier alpha value is -1.98. The number of aliphatic hydroxyl groups excluding tert-OH is 3. The van der Waals surface area contributed by atoms with Gasteiger partial charge in [-0.05, 0) is 0 Å². The fourth-order valence-corrected chi connectivity index (χ4v) is 1.23. The van der Waals surface area contributed by atoms with Crippen LogP contribution in [0.15, 0.2) is 15.0 Å². The maximum absolute atomic E-state index is 10.3. The first-order valence-corrected chi connectivity index (χ1v) is 4.67. The molecule has 9 nitrogen and oxygen atoms in total. The van der Waals surface area contributed by atoms with Gasteiger partial charge < -0.3 is 15.3 Å². The van der Waals surface area contributed by atoms with Crippen LogP contribution in [0.5, 0.6) is 0 Å². The summed E-state index contributed by atoms with van der Waals surface area (Å²) in [7, 11) is 0. The fraction of sp³-hybridized carbons (Fsp3) is 0.667. The quantitative estimate of drug-likeness (QED) is 0.338. The minimum Gasteiger partial charge on any atom is -0.396 e. The minimum absolute atomic E-state index is 0.566. The highest BCUT2D eigenvalue weighted by molar-refractivity contribution is 5.42. The lowest BCUT2D eigenvalue weighted by molar-refractivity contribution is -0.0144. The van der Waals surface area contributed by atoms with Gasteiger partial charge in [0.15, 0.2) is 0 Å². The number of isocyanates is 3. The normalized spacial score (nSPS) is 13.5. The molecule has 9 heteroatoms. The van der Waals surface area contributed by atoms with E-state index in [9.17, 15) is 14.4 Å². The largest absolute Gasteiger partial charge is 0.396 e. The monoisotopic (exact) mass is 257 g/mol. The molecular formula is C9H11N3O6. The molecule has 98 valence electrons. The average Bonchev–Trinajstić information content (AvgIpc) is 2.37. The third-order valence-corrected chi connectivity index (χ3v) is 2.29. The number of nitrogens with zero attached hydrogens (tertiary/aromatic N) is 3. The van der Waals surface area contributed by atoms with Crippen LogP contribution in [-0.2, 0) is 14.4 Å². The predicted molar refractivity (Wildman–Crippen MR) is 55.4 cm³/mol. The standard InChI is InChI=1S/C9H11N3O6/c13-2-8(3-14,4-15)1-9(10-5-16,11-6-17)12-7-18/h13-15H,1-4H2. The molecule has 0 aromatic carbocycles. The molecule has 0 aromatic rings. The zero-order valence-corrected chi connectivity index (χ0v) is 9.24. The molecule has 0 atom stereocenters. The third-order valence-electron chi connectivity index (χ3n) is 2.29. The Morgan fingerprint density at radius 3 is 1.33 bits per heavy atom. The first-order valence-electron chi connectivity index (χ1n) is 4.67. The molecule has 0 aliphatic rings. The summed E-state index contributed by atoms with van der Waals surface area (Å²) < 4.78 is 0. The van der Waals surface area contributed by atoms with Crippen LogP contribution in [0.2, 0.25) is 0 Å². The van der Waals surface area contributed by atoms with Gasteiger partial charge in [0.05, 0.1) is 19.8 Å². The Morgan fingerprint density at radius 1 is 0.778 bits per heavy atom. The summed E-state index contributed by atoms with van der Waals surface area (Å²) in [5.41, 5.74) is -1.54. The van der Waals surface area contributed by atoms with Crippen molar-refractivity contribution in [2.75, 3.05) is 19.8 Å². The van der Waals surface area contributed by atoms with Gasteiger partial charge in [-0.25, -0.2) is 14.4 Å². The van der Waals surface area contributed by atoms with Crippen LogP contribution in [0.4, 0.5) is 0 Å².